The van der Waals surface area contributed by atoms with Crippen molar-refractivity contribution in [2.45, 2.75) is 0 Å². The molecule has 0 radical (unpaired) electrons. The van der Waals surface area contributed by atoms with Crippen LogP contribution in [0.3, 0.4) is 0 Å². The zero-order chi connectivity index (χ0) is 22.1. The predicted octanol–water partition coefficient (Wildman–Crippen LogP) is 3.90. The number of carbonyl (C=O) groups is 3. The van der Waals surface area contributed by atoms with Crippen molar-refractivity contribution in [1.82, 2.24) is 4.90 Å². The van der Waals surface area contributed by atoms with Gasteiger partial charge < -0.3 is 15.0 Å². The number of hydrogen-bond donors (Lipinski definition) is 1. The van der Waals surface area contributed by atoms with E-state index in [1.165, 1.54) is 18.2 Å². The van der Waals surface area contributed by atoms with Gasteiger partial charge in [0.25, 0.3) is 17.7 Å². The molecule has 1 N–H and O–H groups in total. The van der Waals surface area contributed by atoms with Gasteiger partial charge in [0.15, 0.2) is 0 Å². The van der Waals surface area contributed by atoms with E-state index >= 15 is 0 Å². The number of halogens is 3. The Morgan fingerprint density at radius 1 is 0.935 bits per heavy atom. The lowest BCUT2D eigenvalue weighted by Gasteiger charge is -2.27. The Morgan fingerprint density at radius 2 is 1.68 bits per heavy atom. The van der Waals surface area contributed by atoms with Gasteiger partial charge in [-0.3, -0.25) is 14.4 Å². The maximum Gasteiger partial charge on any atom is 0.283 e. The normalized spacial score (nSPS) is 16.9. The molecule has 7 nitrogen and oxygen atoms in total. The molecule has 2 heterocycles. The first-order valence-electron chi connectivity index (χ1n) is 9.34. The predicted molar refractivity (Wildman–Crippen MR) is 119 cm³/mol. The standard InChI is InChI=1S/C21H16Cl3N3O4/c22-15-5-4-14(11-16(15)23)27-20(29)17(24)18(21(27)30)25-13-3-1-2-12(10-13)19(28)26-6-8-31-9-7-26/h1-5,10-11,25H,6-9H2. The number of rotatable bonds is 4. The van der Waals surface area contributed by atoms with Crippen LogP contribution in [0, 0.1) is 0 Å². The minimum atomic E-state index is -0.687. The van der Waals surface area contributed by atoms with E-state index in [2.05, 4.69) is 5.32 Å². The number of nitrogens with one attached hydrogen (secondary N) is 1. The topological polar surface area (TPSA) is 79.0 Å². The zero-order valence-electron chi connectivity index (χ0n) is 16.0. The summed E-state index contributed by atoms with van der Waals surface area (Å²) in [5, 5.41) is 3.11. The third-order valence-electron chi connectivity index (χ3n) is 4.87. The summed E-state index contributed by atoms with van der Waals surface area (Å²) in [5.74, 6) is -1.47. The summed E-state index contributed by atoms with van der Waals surface area (Å²) in [6.07, 6.45) is 0. The third kappa shape index (κ3) is 4.27. The number of morpholine rings is 1. The van der Waals surface area contributed by atoms with E-state index in [1.807, 2.05) is 0 Å². The van der Waals surface area contributed by atoms with E-state index in [4.69, 9.17) is 39.5 Å². The Balaban J connectivity index is 1.56. The SMILES string of the molecule is O=C(c1cccc(NC2=C(Cl)C(=O)N(c3ccc(Cl)c(Cl)c3)C2=O)c1)N1CCOCC1. The van der Waals surface area contributed by atoms with Crippen molar-refractivity contribution in [3.05, 3.63) is 68.8 Å². The van der Waals surface area contributed by atoms with Crippen LogP contribution in [-0.2, 0) is 14.3 Å². The Hall–Kier alpha value is -2.58. The first kappa shape index (κ1) is 21.6. The van der Waals surface area contributed by atoms with E-state index in [9.17, 15) is 14.4 Å². The molecule has 0 saturated carbocycles. The van der Waals surface area contributed by atoms with Crippen molar-refractivity contribution < 1.29 is 19.1 Å². The number of amides is 3. The van der Waals surface area contributed by atoms with Crippen molar-refractivity contribution in [3.63, 3.8) is 0 Å². The smallest absolute Gasteiger partial charge is 0.283 e. The summed E-state index contributed by atoms with van der Waals surface area (Å²) in [5.41, 5.74) is 1.05. The summed E-state index contributed by atoms with van der Waals surface area (Å²) >= 11 is 18.1. The molecule has 160 valence electrons. The van der Waals surface area contributed by atoms with E-state index in [0.29, 0.717) is 42.6 Å². The Labute approximate surface area is 193 Å². The van der Waals surface area contributed by atoms with Crippen molar-refractivity contribution in [1.29, 1.82) is 0 Å². The van der Waals surface area contributed by atoms with Crippen molar-refractivity contribution in [2.24, 2.45) is 0 Å². The monoisotopic (exact) mass is 479 g/mol. The maximum absolute atomic E-state index is 12.9. The van der Waals surface area contributed by atoms with Gasteiger partial charge in [0.05, 0.1) is 28.9 Å². The van der Waals surface area contributed by atoms with Crippen molar-refractivity contribution in [3.8, 4) is 0 Å². The quantitative estimate of drug-likeness (QED) is 0.672. The molecular weight excluding hydrogens is 465 g/mol. The molecule has 2 aromatic carbocycles. The summed E-state index contributed by atoms with van der Waals surface area (Å²) in [6, 6.07) is 11.0. The second-order valence-electron chi connectivity index (χ2n) is 6.84. The molecule has 4 rings (SSSR count). The van der Waals surface area contributed by atoms with Crippen LogP contribution in [-0.4, -0.2) is 48.9 Å². The third-order valence-corrected chi connectivity index (χ3v) is 5.96. The molecule has 3 amide bonds. The fourth-order valence-corrected chi connectivity index (χ4v) is 3.80. The number of benzene rings is 2. The van der Waals surface area contributed by atoms with Gasteiger partial charge in [-0.25, -0.2) is 4.90 Å². The fraction of sp³-hybridized carbons (Fsp3) is 0.190. The summed E-state index contributed by atoms with van der Waals surface area (Å²) < 4.78 is 5.28. The lowest BCUT2D eigenvalue weighted by atomic mass is 10.1. The molecule has 0 aromatic heterocycles. The average molecular weight is 481 g/mol. The van der Waals surface area contributed by atoms with Gasteiger partial charge in [-0.1, -0.05) is 40.9 Å². The van der Waals surface area contributed by atoms with Gasteiger partial charge in [0.2, 0.25) is 0 Å². The molecule has 10 heteroatoms. The number of carbonyl (C=O) groups excluding carboxylic acids is 3. The Morgan fingerprint density at radius 3 is 2.39 bits per heavy atom. The molecule has 2 aromatic rings. The molecule has 2 aliphatic heterocycles. The fourth-order valence-electron chi connectivity index (χ4n) is 3.29. The molecular formula is C21H16Cl3N3O4. The minimum absolute atomic E-state index is 0.0892. The first-order valence-corrected chi connectivity index (χ1v) is 10.5. The van der Waals surface area contributed by atoms with Gasteiger partial charge in [0.1, 0.15) is 10.7 Å². The molecule has 2 aliphatic rings. The van der Waals surface area contributed by atoms with Crippen LogP contribution < -0.4 is 10.2 Å². The van der Waals surface area contributed by atoms with Gasteiger partial charge in [-0.05, 0) is 36.4 Å². The molecule has 0 atom stereocenters. The highest BCUT2D eigenvalue weighted by molar-refractivity contribution is 6.53. The number of hydrogen-bond acceptors (Lipinski definition) is 5. The number of nitrogens with zero attached hydrogens (tertiary/aromatic N) is 2. The molecule has 1 saturated heterocycles. The molecule has 0 spiro atoms. The van der Waals surface area contributed by atoms with E-state index < -0.39 is 11.8 Å². The van der Waals surface area contributed by atoms with Gasteiger partial charge in [-0.2, -0.15) is 0 Å². The van der Waals surface area contributed by atoms with Crippen LogP contribution in [0.5, 0.6) is 0 Å². The minimum Gasteiger partial charge on any atom is -0.378 e. The highest BCUT2D eigenvalue weighted by Gasteiger charge is 2.39. The van der Waals surface area contributed by atoms with Gasteiger partial charge in [0, 0.05) is 24.3 Å². The van der Waals surface area contributed by atoms with Crippen LogP contribution in [0.25, 0.3) is 0 Å². The van der Waals surface area contributed by atoms with E-state index in [0.717, 1.165) is 4.90 Å². The zero-order valence-corrected chi connectivity index (χ0v) is 18.3. The Bertz CT molecular complexity index is 1110. The van der Waals surface area contributed by atoms with Gasteiger partial charge >= 0.3 is 0 Å². The number of imide groups is 1. The van der Waals surface area contributed by atoms with E-state index in [1.54, 1.807) is 29.2 Å². The number of ether oxygens (including phenoxy) is 1. The maximum atomic E-state index is 12.9. The van der Waals surface area contributed by atoms with Crippen LogP contribution in [0.2, 0.25) is 10.0 Å². The molecule has 0 bridgehead atoms. The molecule has 0 unspecified atom stereocenters. The second kappa shape index (κ2) is 8.88. The summed E-state index contributed by atoms with van der Waals surface area (Å²) in [7, 11) is 0. The number of anilines is 2. The highest BCUT2D eigenvalue weighted by Crippen LogP contribution is 2.33. The summed E-state index contributed by atoms with van der Waals surface area (Å²) in [4.78, 5) is 40.9. The van der Waals surface area contributed by atoms with Crippen LogP contribution in [0.1, 0.15) is 10.4 Å². The van der Waals surface area contributed by atoms with Gasteiger partial charge in [-0.15, -0.1) is 0 Å². The highest BCUT2D eigenvalue weighted by atomic mass is 35.5. The first-order chi connectivity index (χ1) is 14.9. The van der Waals surface area contributed by atoms with Crippen LogP contribution in [0.15, 0.2) is 53.2 Å². The summed E-state index contributed by atoms with van der Waals surface area (Å²) in [6.45, 7) is 2.01. The van der Waals surface area contributed by atoms with Crippen molar-refractivity contribution in [2.75, 3.05) is 36.5 Å². The Kier molecular flexibility index (Phi) is 6.20. The molecule has 0 aliphatic carbocycles. The molecule has 1 fully saturated rings. The molecule has 31 heavy (non-hydrogen) atoms. The van der Waals surface area contributed by atoms with Crippen molar-refractivity contribution >= 4 is 63.9 Å². The average Bonchev–Trinajstić information content (AvgIpc) is 2.99. The van der Waals surface area contributed by atoms with E-state index in [-0.39, 0.29) is 27.3 Å². The lowest BCUT2D eigenvalue weighted by Crippen LogP contribution is -2.40. The largest absolute Gasteiger partial charge is 0.378 e. The lowest BCUT2D eigenvalue weighted by molar-refractivity contribution is -0.120. The van der Waals surface area contributed by atoms with Crippen LogP contribution in [0.4, 0.5) is 11.4 Å². The van der Waals surface area contributed by atoms with Crippen LogP contribution >= 0.6 is 34.8 Å². The second-order valence-corrected chi connectivity index (χ2v) is 8.04.